The molecule has 1 atom stereocenters. The van der Waals surface area contributed by atoms with Gasteiger partial charge in [0.05, 0.1) is 12.3 Å². The zero-order chi connectivity index (χ0) is 8.97. The van der Waals surface area contributed by atoms with E-state index < -0.39 is 12.8 Å². The zero-order valence-corrected chi connectivity index (χ0v) is 7.47. The fraction of sp³-hybridized carbons (Fsp3) is 0.571. The van der Waals surface area contributed by atoms with Crippen molar-refractivity contribution in [3.8, 4) is 0 Å². The summed E-state index contributed by atoms with van der Waals surface area (Å²) in [4.78, 5) is 3.97. The van der Waals surface area contributed by atoms with Gasteiger partial charge in [0.15, 0.2) is 0 Å². The van der Waals surface area contributed by atoms with Gasteiger partial charge in [-0.2, -0.15) is 0 Å². The van der Waals surface area contributed by atoms with Gasteiger partial charge in [0.25, 0.3) is 0 Å². The highest BCUT2D eigenvalue weighted by Crippen LogP contribution is 2.17. The standard InChI is InChI=1S/C7H10FNO2S/c1-11-3-7-9-5(4-12-7)6(10)2-8/h4,6,10H,2-3H2,1H3. The summed E-state index contributed by atoms with van der Waals surface area (Å²) >= 11 is 1.36. The van der Waals surface area contributed by atoms with E-state index in [2.05, 4.69) is 4.98 Å². The highest BCUT2D eigenvalue weighted by molar-refractivity contribution is 7.09. The smallest absolute Gasteiger partial charge is 0.125 e. The van der Waals surface area contributed by atoms with E-state index in [1.165, 1.54) is 11.3 Å². The van der Waals surface area contributed by atoms with Crippen LogP contribution in [0.4, 0.5) is 4.39 Å². The number of hydrogen-bond donors (Lipinski definition) is 1. The van der Waals surface area contributed by atoms with Crippen LogP contribution in [0.1, 0.15) is 16.8 Å². The number of aromatic nitrogens is 1. The Morgan fingerprint density at radius 3 is 3.17 bits per heavy atom. The highest BCUT2D eigenvalue weighted by atomic mass is 32.1. The lowest BCUT2D eigenvalue weighted by molar-refractivity contribution is 0.137. The van der Waals surface area contributed by atoms with E-state index >= 15 is 0 Å². The molecule has 0 radical (unpaired) electrons. The molecule has 1 unspecified atom stereocenters. The largest absolute Gasteiger partial charge is 0.384 e. The van der Waals surface area contributed by atoms with Crippen molar-refractivity contribution < 1.29 is 14.2 Å². The van der Waals surface area contributed by atoms with Crippen LogP contribution in [-0.4, -0.2) is 23.9 Å². The summed E-state index contributed by atoms with van der Waals surface area (Å²) in [5.74, 6) is 0. The lowest BCUT2D eigenvalue weighted by atomic mass is 10.3. The molecule has 68 valence electrons. The molecule has 0 aliphatic heterocycles. The molecule has 1 heterocycles. The zero-order valence-electron chi connectivity index (χ0n) is 6.66. The van der Waals surface area contributed by atoms with Crippen molar-refractivity contribution >= 4 is 11.3 Å². The van der Waals surface area contributed by atoms with Crippen molar-refractivity contribution in [1.29, 1.82) is 0 Å². The van der Waals surface area contributed by atoms with Crippen molar-refractivity contribution in [2.24, 2.45) is 0 Å². The molecule has 1 N–H and O–H groups in total. The molecule has 1 aromatic heterocycles. The Morgan fingerprint density at radius 2 is 2.58 bits per heavy atom. The first-order valence-corrected chi connectivity index (χ1v) is 4.33. The maximum Gasteiger partial charge on any atom is 0.125 e. The van der Waals surface area contributed by atoms with E-state index in [-0.39, 0.29) is 0 Å². The second-order valence-corrected chi connectivity index (χ2v) is 3.21. The Hall–Kier alpha value is -0.520. The van der Waals surface area contributed by atoms with E-state index in [4.69, 9.17) is 9.84 Å². The van der Waals surface area contributed by atoms with Gasteiger partial charge in [-0.25, -0.2) is 9.37 Å². The number of aliphatic hydroxyl groups is 1. The molecule has 3 nitrogen and oxygen atoms in total. The minimum Gasteiger partial charge on any atom is -0.384 e. The Bertz CT molecular complexity index is 241. The monoisotopic (exact) mass is 191 g/mol. The van der Waals surface area contributed by atoms with E-state index in [0.717, 1.165) is 5.01 Å². The SMILES string of the molecule is COCc1nc(C(O)CF)cs1. The van der Waals surface area contributed by atoms with E-state index in [1.807, 2.05) is 0 Å². The summed E-state index contributed by atoms with van der Waals surface area (Å²) in [7, 11) is 1.56. The van der Waals surface area contributed by atoms with Gasteiger partial charge in [0, 0.05) is 12.5 Å². The van der Waals surface area contributed by atoms with E-state index in [1.54, 1.807) is 12.5 Å². The summed E-state index contributed by atoms with van der Waals surface area (Å²) in [6.07, 6.45) is -1.09. The van der Waals surface area contributed by atoms with Crippen LogP contribution in [-0.2, 0) is 11.3 Å². The molecule has 0 aromatic carbocycles. The molecular formula is C7H10FNO2S. The first kappa shape index (κ1) is 9.57. The third kappa shape index (κ3) is 2.23. The van der Waals surface area contributed by atoms with Crippen molar-refractivity contribution in [1.82, 2.24) is 4.98 Å². The predicted octanol–water partition coefficient (Wildman–Crippen LogP) is 1.29. The second kappa shape index (κ2) is 4.49. The molecule has 1 aromatic rings. The van der Waals surface area contributed by atoms with Crippen LogP contribution < -0.4 is 0 Å². The summed E-state index contributed by atoms with van der Waals surface area (Å²) in [6.45, 7) is -0.389. The third-order valence-electron chi connectivity index (χ3n) is 1.32. The molecule has 0 fully saturated rings. The molecule has 0 saturated carbocycles. The first-order chi connectivity index (χ1) is 5.77. The number of aliphatic hydroxyl groups excluding tert-OH is 1. The average Bonchev–Trinajstić information content (AvgIpc) is 2.52. The molecule has 0 amide bonds. The Morgan fingerprint density at radius 1 is 1.83 bits per heavy atom. The van der Waals surface area contributed by atoms with Crippen molar-refractivity contribution in [2.75, 3.05) is 13.8 Å². The topological polar surface area (TPSA) is 42.4 Å². The molecule has 0 aliphatic rings. The van der Waals surface area contributed by atoms with Gasteiger partial charge in [0.1, 0.15) is 17.8 Å². The summed E-state index contributed by atoms with van der Waals surface area (Å²) in [5, 5.41) is 11.4. The molecule has 0 spiro atoms. The lowest BCUT2D eigenvalue weighted by Gasteiger charge is -1.99. The van der Waals surface area contributed by atoms with Crippen LogP contribution in [0.5, 0.6) is 0 Å². The molecule has 0 saturated heterocycles. The van der Waals surface area contributed by atoms with E-state index in [0.29, 0.717) is 12.3 Å². The predicted molar refractivity (Wildman–Crippen MR) is 43.8 cm³/mol. The van der Waals surface area contributed by atoms with Gasteiger partial charge in [-0.05, 0) is 0 Å². The number of alkyl halides is 1. The maximum atomic E-state index is 12.0. The Kier molecular flexibility index (Phi) is 3.58. The van der Waals surface area contributed by atoms with Crippen molar-refractivity contribution in [3.63, 3.8) is 0 Å². The van der Waals surface area contributed by atoms with Crippen LogP contribution in [0, 0.1) is 0 Å². The fourth-order valence-corrected chi connectivity index (χ4v) is 1.56. The normalized spacial score (nSPS) is 13.2. The van der Waals surface area contributed by atoms with Crippen LogP contribution in [0.2, 0.25) is 0 Å². The number of thiazole rings is 1. The van der Waals surface area contributed by atoms with Crippen LogP contribution in [0.3, 0.4) is 0 Å². The number of hydrogen-bond acceptors (Lipinski definition) is 4. The van der Waals surface area contributed by atoms with Gasteiger partial charge >= 0.3 is 0 Å². The van der Waals surface area contributed by atoms with Gasteiger partial charge in [-0.1, -0.05) is 0 Å². The minimum atomic E-state index is -1.09. The number of halogens is 1. The Balaban J connectivity index is 2.63. The van der Waals surface area contributed by atoms with Gasteiger partial charge in [0.2, 0.25) is 0 Å². The van der Waals surface area contributed by atoms with Crippen LogP contribution in [0.15, 0.2) is 5.38 Å². The van der Waals surface area contributed by atoms with Crippen LogP contribution >= 0.6 is 11.3 Å². The van der Waals surface area contributed by atoms with Crippen molar-refractivity contribution in [2.45, 2.75) is 12.7 Å². The molecule has 12 heavy (non-hydrogen) atoms. The molecule has 5 heteroatoms. The van der Waals surface area contributed by atoms with Crippen LogP contribution in [0.25, 0.3) is 0 Å². The fourth-order valence-electron chi connectivity index (χ4n) is 0.747. The number of nitrogens with zero attached hydrogens (tertiary/aromatic N) is 1. The number of rotatable bonds is 4. The second-order valence-electron chi connectivity index (χ2n) is 2.27. The molecule has 0 aliphatic carbocycles. The Labute approximate surface area is 73.8 Å². The maximum absolute atomic E-state index is 12.0. The quantitative estimate of drug-likeness (QED) is 0.779. The van der Waals surface area contributed by atoms with Gasteiger partial charge in [-0.3, -0.25) is 0 Å². The summed E-state index contributed by atoms with van der Waals surface area (Å²) in [6, 6.07) is 0. The van der Waals surface area contributed by atoms with E-state index in [9.17, 15) is 4.39 Å². The minimum absolute atomic E-state index is 0.384. The highest BCUT2D eigenvalue weighted by Gasteiger charge is 2.10. The summed E-state index contributed by atoms with van der Waals surface area (Å²) in [5.41, 5.74) is 0.384. The molecule has 0 bridgehead atoms. The first-order valence-electron chi connectivity index (χ1n) is 3.45. The van der Waals surface area contributed by atoms with Gasteiger partial charge in [-0.15, -0.1) is 11.3 Å². The van der Waals surface area contributed by atoms with Crippen molar-refractivity contribution in [3.05, 3.63) is 16.1 Å². The lowest BCUT2D eigenvalue weighted by Crippen LogP contribution is -1.99. The third-order valence-corrected chi connectivity index (χ3v) is 2.17. The average molecular weight is 191 g/mol. The molecular weight excluding hydrogens is 181 g/mol. The summed E-state index contributed by atoms with van der Waals surface area (Å²) < 4.78 is 16.8. The number of methoxy groups -OCH3 is 1. The van der Waals surface area contributed by atoms with Gasteiger partial charge < -0.3 is 9.84 Å². The number of ether oxygens (including phenoxy) is 1. The molecule has 1 rings (SSSR count).